The minimum atomic E-state index is 1.16. The molecule has 0 saturated heterocycles. The van der Waals surface area contributed by atoms with Crippen molar-refractivity contribution in [3.8, 4) is 67.3 Å². The first kappa shape index (κ1) is 54.9. The zero-order valence-electron chi connectivity index (χ0n) is 52.4. The van der Waals surface area contributed by atoms with Crippen LogP contribution in [0.3, 0.4) is 0 Å². The lowest BCUT2D eigenvalue weighted by Crippen LogP contribution is -1.94. The number of aromatic nitrogens is 4. The molecule has 0 aliphatic heterocycles. The van der Waals surface area contributed by atoms with Crippen molar-refractivity contribution in [2.24, 2.45) is 0 Å². The van der Waals surface area contributed by atoms with Crippen molar-refractivity contribution < 1.29 is 0 Å². The Morgan fingerprint density at radius 1 is 0.125 bits per heavy atom. The lowest BCUT2D eigenvalue weighted by Gasteiger charge is -2.11. The van der Waals surface area contributed by atoms with Gasteiger partial charge in [0.2, 0.25) is 0 Å². The zero-order valence-corrected chi connectivity index (χ0v) is 52.4. The fourth-order valence-corrected chi connectivity index (χ4v) is 15.2. The molecule has 20 rings (SSSR count). The topological polar surface area (TPSA) is 19.7 Å². The summed E-state index contributed by atoms with van der Waals surface area (Å²) >= 11 is 0. The minimum Gasteiger partial charge on any atom is -0.309 e. The van der Waals surface area contributed by atoms with Gasteiger partial charge < -0.3 is 18.3 Å². The quantitative estimate of drug-likeness (QED) is 0.144. The van der Waals surface area contributed by atoms with Gasteiger partial charge in [0.15, 0.2) is 0 Å². The lowest BCUT2D eigenvalue weighted by molar-refractivity contribution is 1.18. The fourth-order valence-electron chi connectivity index (χ4n) is 15.2. The second kappa shape index (κ2) is 22.5. The summed E-state index contributed by atoms with van der Waals surface area (Å²) in [5.41, 5.74) is 24.2. The number of fused-ring (bicyclic) bond motifs is 14. The van der Waals surface area contributed by atoms with Gasteiger partial charge in [-0.2, -0.15) is 0 Å². The maximum atomic E-state index is 2.40. The number of benzene rings is 16. The third-order valence-electron chi connectivity index (χ3n) is 19.8. The number of para-hydroxylation sites is 4. The van der Waals surface area contributed by atoms with Crippen LogP contribution in [0.1, 0.15) is 0 Å². The molecule has 0 unspecified atom stereocenters. The third kappa shape index (κ3) is 9.14. The normalized spacial score (nSPS) is 11.8. The molecule has 0 amide bonds. The van der Waals surface area contributed by atoms with E-state index in [1.807, 2.05) is 0 Å². The van der Waals surface area contributed by atoms with E-state index in [-0.39, 0.29) is 0 Å². The van der Waals surface area contributed by atoms with Crippen molar-refractivity contribution in [3.63, 3.8) is 0 Å². The van der Waals surface area contributed by atoms with Crippen LogP contribution in [0, 0.1) is 0 Å². The molecule has 0 bridgehead atoms. The van der Waals surface area contributed by atoms with Crippen molar-refractivity contribution in [1.82, 2.24) is 18.3 Å². The van der Waals surface area contributed by atoms with Gasteiger partial charge in [-0.1, -0.05) is 243 Å². The summed E-state index contributed by atoms with van der Waals surface area (Å²) in [7, 11) is 0. The highest BCUT2D eigenvalue weighted by atomic mass is 15.0. The second-order valence-electron chi connectivity index (χ2n) is 25.2. The van der Waals surface area contributed by atoms with Crippen LogP contribution in [-0.4, -0.2) is 18.3 Å². The van der Waals surface area contributed by atoms with E-state index in [1.165, 1.54) is 170 Å². The Kier molecular flexibility index (Phi) is 12.9. The molecule has 0 aliphatic carbocycles. The summed E-state index contributed by atoms with van der Waals surface area (Å²) in [6.07, 6.45) is 0. The van der Waals surface area contributed by atoms with Crippen LogP contribution in [0.25, 0.3) is 176 Å². The Morgan fingerprint density at radius 2 is 0.385 bits per heavy atom. The number of hydrogen-bond acceptors (Lipinski definition) is 0. The molecule has 0 radical (unpaired) electrons. The average Bonchev–Trinajstić information content (AvgIpc) is 1.60. The van der Waals surface area contributed by atoms with Gasteiger partial charge in [0, 0.05) is 65.8 Å². The van der Waals surface area contributed by atoms with E-state index in [2.05, 4.69) is 382 Å². The lowest BCUT2D eigenvalue weighted by atomic mass is 10.0. The van der Waals surface area contributed by atoms with E-state index in [0.29, 0.717) is 0 Å². The van der Waals surface area contributed by atoms with E-state index in [4.69, 9.17) is 0 Å². The van der Waals surface area contributed by atoms with Gasteiger partial charge in [-0.25, -0.2) is 0 Å². The van der Waals surface area contributed by atoms with Crippen LogP contribution >= 0.6 is 0 Å². The standard InChI is InChI=1S/2C46H30N2/c1-2-11-31(12-3-1)34-15-10-16-37(27-34)47-43-19-8-6-17-39(43)41-29-35(22-25-45(41)47)36-23-26-46-42(30-36)40-18-7-9-20-44(40)48(46)38-24-21-32-13-4-5-14-33(32)28-38;1-2-10-31(11-3-1)33-18-23-37(24-19-33)47-43-16-8-6-14-39(43)41-29-35(21-26-45(41)47)36-22-27-46-42(30-36)40-15-7-9-17-44(40)48(46)38-25-20-32-12-4-5-13-34(32)28-38/h2*1-30H. The van der Waals surface area contributed by atoms with Crippen LogP contribution in [-0.2, 0) is 0 Å². The van der Waals surface area contributed by atoms with Crippen LogP contribution in [0.15, 0.2) is 364 Å². The molecule has 448 valence electrons. The number of nitrogens with zero attached hydrogens (tertiary/aromatic N) is 4. The summed E-state index contributed by atoms with van der Waals surface area (Å²) in [5, 5.41) is 15.1. The average molecular weight is 1220 g/mol. The maximum absolute atomic E-state index is 2.40. The van der Waals surface area contributed by atoms with Crippen molar-refractivity contribution in [1.29, 1.82) is 0 Å². The Hall–Kier alpha value is -12.8. The van der Waals surface area contributed by atoms with E-state index in [0.717, 1.165) is 5.69 Å². The van der Waals surface area contributed by atoms with Gasteiger partial charge in [0.1, 0.15) is 0 Å². The van der Waals surface area contributed by atoms with Crippen LogP contribution in [0.4, 0.5) is 0 Å². The predicted octanol–water partition coefficient (Wildman–Crippen LogP) is 24.7. The summed E-state index contributed by atoms with van der Waals surface area (Å²) in [4.78, 5) is 0. The molecule has 4 aromatic heterocycles. The van der Waals surface area contributed by atoms with Gasteiger partial charge in [0.05, 0.1) is 44.1 Å². The highest BCUT2D eigenvalue weighted by Gasteiger charge is 2.20. The maximum Gasteiger partial charge on any atom is 0.0541 e. The van der Waals surface area contributed by atoms with Crippen molar-refractivity contribution in [3.05, 3.63) is 364 Å². The minimum absolute atomic E-state index is 1.16. The highest BCUT2D eigenvalue weighted by Crippen LogP contribution is 2.42. The number of rotatable bonds is 8. The molecule has 0 saturated carbocycles. The molecular weight excluding hydrogens is 1160 g/mol. The first-order valence-electron chi connectivity index (χ1n) is 33.0. The van der Waals surface area contributed by atoms with E-state index in [1.54, 1.807) is 0 Å². The smallest absolute Gasteiger partial charge is 0.0541 e. The zero-order chi connectivity index (χ0) is 63.2. The summed E-state index contributed by atoms with van der Waals surface area (Å²) < 4.78 is 9.60. The van der Waals surface area contributed by atoms with Gasteiger partial charge >= 0.3 is 0 Å². The Morgan fingerprint density at radius 3 is 0.781 bits per heavy atom. The molecule has 16 aromatic carbocycles. The SMILES string of the molecule is c1ccc(-c2ccc(-n3c4ccccc4c4cc(-c5ccc6c(c5)c5ccccc5n6-c5ccc6ccccc6c5)ccc43)cc2)cc1.c1ccc(-c2cccc(-n3c4ccccc4c4cc(-c5ccc6c(c5)c5ccccc5n6-c5ccc6ccccc6c5)ccc43)c2)cc1. The Bertz CT molecular complexity index is 6440. The molecule has 20 aromatic rings. The molecule has 0 fully saturated rings. The van der Waals surface area contributed by atoms with Crippen molar-refractivity contribution >= 4 is 109 Å². The summed E-state index contributed by atoms with van der Waals surface area (Å²) in [6, 6.07) is 132. The summed E-state index contributed by atoms with van der Waals surface area (Å²) in [6.45, 7) is 0. The predicted molar refractivity (Wildman–Crippen MR) is 407 cm³/mol. The molecule has 4 heterocycles. The Labute approximate surface area is 554 Å². The van der Waals surface area contributed by atoms with E-state index < -0.39 is 0 Å². The first-order chi connectivity index (χ1) is 47.6. The van der Waals surface area contributed by atoms with Crippen LogP contribution in [0.5, 0.6) is 0 Å². The summed E-state index contributed by atoms with van der Waals surface area (Å²) in [5.74, 6) is 0. The van der Waals surface area contributed by atoms with Gasteiger partial charge in [0.25, 0.3) is 0 Å². The second-order valence-corrected chi connectivity index (χ2v) is 25.2. The molecule has 96 heavy (non-hydrogen) atoms. The Balaban J connectivity index is 0.000000135. The van der Waals surface area contributed by atoms with E-state index in [9.17, 15) is 0 Å². The molecule has 0 aliphatic rings. The van der Waals surface area contributed by atoms with Crippen LogP contribution in [0.2, 0.25) is 0 Å². The molecule has 0 atom stereocenters. The monoisotopic (exact) mass is 1220 g/mol. The van der Waals surface area contributed by atoms with Gasteiger partial charge in [-0.15, -0.1) is 0 Å². The van der Waals surface area contributed by atoms with Crippen molar-refractivity contribution in [2.75, 3.05) is 0 Å². The third-order valence-corrected chi connectivity index (χ3v) is 19.8. The molecule has 0 N–H and O–H groups in total. The van der Waals surface area contributed by atoms with E-state index >= 15 is 0 Å². The largest absolute Gasteiger partial charge is 0.309 e. The molecule has 4 heteroatoms. The van der Waals surface area contributed by atoms with Gasteiger partial charge in [-0.05, 0) is 187 Å². The first-order valence-corrected chi connectivity index (χ1v) is 33.0. The van der Waals surface area contributed by atoms with Crippen molar-refractivity contribution in [2.45, 2.75) is 0 Å². The molecule has 0 spiro atoms. The van der Waals surface area contributed by atoms with Crippen LogP contribution < -0.4 is 0 Å². The number of hydrogen-bond donors (Lipinski definition) is 0. The molecular formula is C92H60N4. The van der Waals surface area contributed by atoms with Gasteiger partial charge in [-0.3, -0.25) is 0 Å². The molecule has 4 nitrogen and oxygen atoms in total. The highest BCUT2D eigenvalue weighted by molar-refractivity contribution is 6.15. The fraction of sp³-hybridized carbons (Fsp3) is 0.